The van der Waals surface area contributed by atoms with E-state index < -0.39 is 0 Å². The van der Waals surface area contributed by atoms with Crippen molar-refractivity contribution >= 4 is 11.6 Å². The van der Waals surface area contributed by atoms with Gasteiger partial charge < -0.3 is 4.74 Å². The Morgan fingerprint density at radius 2 is 2.00 bits per heavy atom. The van der Waals surface area contributed by atoms with E-state index in [0.717, 1.165) is 18.9 Å². The Kier molecular flexibility index (Phi) is 5.99. The summed E-state index contributed by atoms with van der Waals surface area (Å²) in [5, 5.41) is 0. The van der Waals surface area contributed by atoms with Gasteiger partial charge in [0.25, 0.3) is 0 Å². The van der Waals surface area contributed by atoms with Gasteiger partial charge in [-0.3, -0.25) is 0 Å². The molecule has 0 radical (unpaired) electrons. The molecule has 1 aliphatic rings. The maximum atomic E-state index is 6.12. The molecule has 2 atom stereocenters. The maximum absolute atomic E-state index is 6.12. The molecule has 1 rings (SSSR count). The molecule has 0 aromatic carbocycles. The van der Waals surface area contributed by atoms with Crippen LogP contribution in [-0.2, 0) is 4.74 Å². The number of rotatable bonds is 7. The van der Waals surface area contributed by atoms with E-state index in [-0.39, 0.29) is 5.41 Å². The lowest BCUT2D eigenvalue weighted by molar-refractivity contribution is 0.0682. The quantitative estimate of drug-likeness (QED) is 0.468. The van der Waals surface area contributed by atoms with Gasteiger partial charge in [0.05, 0.1) is 6.10 Å². The van der Waals surface area contributed by atoms with E-state index in [1.807, 2.05) is 0 Å². The molecule has 15 heavy (non-hydrogen) atoms. The first kappa shape index (κ1) is 13.3. The molecular weight excluding hydrogens is 208 g/mol. The van der Waals surface area contributed by atoms with Crippen molar-refractivity contribution < 1.29 is 4.74 Å². The number of ether oxygens (including phenoxy) is 1. The summed E-state index contributed by atoms with van der Waals surface area (Å²) in [6.07, 6.45) is 9.53. The van der Waals surface area contributed by atoms with Gasteiger partial charge >= 0.3 is 0 Å². The molecule has 1 aliphatic heterocycles. The summed E-state index contributed by atoms with van der Waals surface area (Å²) in [6.45, 7) is 5.34. The lowest BCUT2D eigenvalue weighted by Gasteiger charge is -2.29. The highest BCUT2D eigenvalue weighted by atomic mass is 35.5. The number of hydrogen-bond donors (Lipinski definition) is 0. The monoisotopic (exact) mass is 232 g/mol. The van der Waals surface area contributed by atoms with Crippen LogP contribution in [0.5, 0.6) is 0 Å². The smallest absolute Gasteiger partial charge is 0.0615 e. The normalized spacial score (nSPS) is 31.0. The van der Waals surface area contributed by atoms with Crippen molar-refractivity contribution in [2.45, 2.75) is 64.9 Å². The summed E-state index contributed by atoms with van der Waals surface area (Å²) in [4.78, 5) is 0. The Labute approximate surface area is 99.5 Å². The standard InChI is InChI=1S/C13H25ClO/c1-3-4-5-6-7-8-13(11-14)9-10-15-12(13)2/h12H,3-11H2,1-2H3. The second kappa shape index (κ2) is 6.75. The van der Waals surface area contributed by atoms with Crippen molar-refractivity contribution in [1.82, 2.24) is 0 Å². The van der Waals surface area contributed by atoms with E-state index in [4.69, 9.17) is 16.3 Å². The summed E-state index contributed by atoms with van der Waals surface area (Å²) >= 11 is 6.12. The van der Waals surface area contributed by atoms with Crippen LogP contribution in [0.1, 0.15) is 58.8 Å². The summed E-state index contributed by atoms with van der Waals surface area (Å²) in [5.74, 6) is 0.766. The maximum Gasteiger partial charge on any atom is 0.0615 e. The third-order valence-electron chi connectivity index (χ3n) is 3.87. The van der Waals surface area contributed by atoms with Crippen molar-refractivity contribution in [3.63, 3.8) is 0 Å². The molecule has 1 saturated heterocycles. The van der Waals surface area contributed by atoms with Gasteiger partial charge in [-0.2, -0.15) is 0 Å². The minimum atomic E-state index is 0.285. The predicted molar refractivity (Wildman–Crippen MR) is 66.6 cm³/mol. The molecule has 2 heteroatoms. The van der Waals surface area contributed by atoms with Crippen LogP contribution in [0, 0.1) is 5.41 Å². The minimum Gasteiger partial charge on any atom is -0.378 e. The summed E-state index contributed by atoms with van der Waals surface area (Å²) in [6, 6.07) is 0. The zero-order chi connectivity index (χ0) is 11.1. The predicted octanol–water partition coefficient (Wildman–Crippen LogP) is 4.38. The van der Waals surface area contributed by atoms with Crippen LogP contribution in [0.25, 0.3) is 0 Å². The van der Waals surface area contributed by atoms with Crippen LogP contribution in [0.3, 0.4) is 0 Å². The van der Waals surface area contributed by atoms with Gasteiger partial charge in [-0.1, -0.05) is 39.0 Å². The van der Waals surface area contributed by atoms with E-state index in [1.165, 1.54) is 38.5 Å². The average Bonchev–Trinajstić information content (AvgIpc) is 2.61. The number of halogens is 1. The molecule has 2 unspecified atom stereocenters. The fourth-order valence-electron chi connectivity index (χ4n) is 2.47. The van der Waals surface area contributed by atoms with Crippen LogP contribution in [-0.4, -0.2) is 18.6 Å². The van der Waals surface area contributed by atoms with Crippen molar-refractivity contribution in [3.05, 3.63) is 0 Å². The van der Waals surface area contributed by atoms with E-state index in [1.54, 1.807) is 0 Å². The first-order valence-corrected chi connectivity index (χ1v) is 6.96. The Balaban J connectivity index is 2.22. The van der Waals surface area contributed by atoms with Gasteiger partial charge in [0.2, 0.25) is 0 Å². The zero-order valence-electron chi connectivity index (χ0n) is 10.2. The van der Waals surface area contributed by atoms with Gasteiger partial charge in [-0.25, -0.2) is 0 Å². The second-order valence-electron chi connectivity index (χ2n) is 4.92. The van der Waals surface area contributed by atoms with Crippen molar-refractivity contribution in [3.8, 4) is 0 Å². The van der Waals surface area contributed by atoms with Crippen LogP contribution in [0.2, 0.25) is 0 Å². The molecule has 0 spiro atoms. The lowest BCUT2D eigenvalue weighted by Crippen LogP contribution is -2.30. The first-order valence-electron chi connectivity index (χ1n) is 6.43. The molecule has 1 heterocycles. The SMILES string of the molecule is CCCCCCCC1(CCl)CCOC1C. The molecule has 1 fully saturated rings. The molecule has 90 valence electrons. The van der Waals surface area contributed by atoms with Crippen molar-refractivity contribution in [2.75, 3.05) is 12.5 Å². The fraction of sp³-hybridized carbons (Fsp3) is 1.00. The van der Waals surface area contributed by atoms with Crippen molar-refractivity contribution in [1.29, 1.82) is 0 Å². The highest BCUT2D eigenvalue weighted by Crippen LogP contribution is 2.40. The largest absolute Gasteiger partial charge is 0.378 e. The summed E-state index contributed by atoms with van der Waals surface area (Å²) in [5.41, 5.74) is 0.285. The van der Waals surface area contributed by atoms with Crippen LogP contribution in [0.15, 0.2) is 0 Å². The third-order valence-corrected chi connectivity index (χ3v) is 4.41. The molecule has 0 bridgehead atoms. The van der Waals surface area contributed by atoms with Gasteiger partial charge in [0.15, 0.2) is 0 Å². The van der Waals surface area contributed by atoms with E-state index in [0.29, 0.717) is 6.10 Å². The number of hydrogen-bond acceptors (Lipinski definition) is 1. The summed E-state index contributed by atoms with van der Waals surface area (Å²) in [7, 11) is 0. The third kappa shape index (κ3) is 3.64. The second-order valence-corrected chi connectivity index (χ2v) is 5.19. The topological polar surface area (TPSA) is 9.23 Å². The first-order chi connectivity index (χ1) is 7.25. The molecule has 0 aliphatic carbocycles. The van der Waals surface area contributed by atoms with Gasteiger partial charge in [0, 0.05) is 17.9 Å². The minimum absolute atomic E-state index is 0.285. The molecule has 0 amide bonds. The summed E-state index contributed by atoms with van der Waals surface area (Å²) < 4.78 is 5.65. The van der Waals surface area contributed by atoms with Crippen LogP contribution in [0.4, 0.5) is 0 Å². The van der Waals surface area contributed by atoms with E-state index in [2.05, 4.69) is 13.8 Å². The van der Waals surface area contributed by atoms with Crippen molar-refractivity contribution in [2.24, 2.45) is 5.41 Å². The Bertz CT molecular complexity index is 172. The van der Waals surface area contributed by atoms with E-state index >= 15 is 0 Å². The highest BCUT2D eigenvalue weighted by molar-refractivity contribution is 6.18. The molecule has 0 N–H and O–H groups in total. The van der Waals surface area contributed by atoms with Crippen LogP contribution >= 0.6 is 11.6 Å². The van der Waals surface area contributed by atoms with Gasteiger partial charge in [0.1, 0.15) is 0 Å². The molecule has 1 nitrogen and oxygen atoms in total. The Morgan fingerprint density at radius 3 is 2.53 bits per heavy atom. The molecule has 0 saturated carbocycles. The number of unbranched alkanes of at least 4 members (excludes halogenated alkanes) is 4. The zero-order valence-corrected chi connectivity index (χ0v) is 11.0. The van der Waals surface area contributed by atoms with Gasteiger partial charge in [-0.05, 0) is 19.8 Å². The molecule has 0 aromatic rings. The van der Waals surface area contributed by atoms with Gasteiger partial charge in [-0.15, -0.1) is 11.6 Å². The molecular formula is C13H25ClO. The van der Waals surface area contributed by atoms with Crippen LogP contribution < -0.4 is 0 Å². The number of alkyl halides is 1. The van der Waals surface area contributed by atoms with E-state index in [9.17, 15) is 0 Å². The fourth-order valence-corrected chi connectivity index (χ4v) is 2.95. The average molecular weight is 233 g/mol. The Hall–Kier alpha value is 0.250. The highest BCUT2D eigenvalue weighted by Gasteiger charge is 2.39. The molecule has 0 aromatic heterocycles. The lowest BCUT2D eigenvalue weighted by atomic mass is 9.79. The Morgan fingerprint density at radius 1 is 1.27 bits per heavy atom.